The third-order valence-electron chi connectivity index (χ3n) is 4.17. The summed E-state index contributed by atoms with van der Waals surface area (Å²) in [6.07, 6.45) is 3.56. The van der Waals surface area contributed by atoms with Gasteiger partial charge >= 0.3 is 0 Å². The topological polar surface area (TPSA) is 53.9 Å². The highest BCUT2D eigenvalue weighted by Gasteiger charge is 2.08. The van der Waals surface area contributed by atoms with E-state index >= 15 is 0 Å². The molecule has 0 aliphatic heterocycles. The van der Waals surface area contributed by atoms with Crippen LogP contribution >= 0.6 is 0 Å². The fourth-order valence-corrected chi connectivity index (χ4v) is 2.89. The van der Waals surface area contributed by atoms with Crippen LogP contribution in [0.4, 0.5) is 17.5 Å². The second kappa shape index (κ2) is 7.19. The van der Waals surface area contributed by atoms with E-state index < -0.39 is 0 Å². The quantitative estimate of drug-likeness (QED) is 0.583. The maximum atomic E-state index is 4.65. The molecule has 5 heteroatoms. The van der Waals surface area contributed by atoms with Crippen LogP contribution in [0.1, 0.15) is 5.56 Å². The number of pyridine rings is 1. The SMILES string of the molecule is CN(Cc1ccccc1)c1ccnc(Nc2cccc3cccnc23)n1. The van der Waals surface area contributed by atoms with Gasteiger partial charge in [0.2, 0.25) is 5.95 Å². The van der Waals surface area contributed by atoms with Crippen LogP contribution in [0.2, 0.25) is 0 Å². The second-order valence-electron chi connectivity index (χ2n) is 6.09. The molecule has 0 spiro atoms. The summed E-state index contributed by atoms with van der Waals surface area (Å²) in [7, 11) is 2.03. The van der Waals surface area contributed by atoms with Crippen molar-refractivity contribution in [2.75, 3.05) is 17.3 Å². The van der Waals surface area contributed by atoms with Gasteiger partial charge in [0.25, 0.3) is 0 Å². The van der Waals surface area contributed by atoms with Crippen molar-refractivity contribution < 1.29 is 0 Å². The number of nitrogens with zero attached hydrogens (tertiary/aromatic N) is 4. The zero-order chi connectivity index (χ0) is 17.8. The van der Waals surface area contributed by atoms with Crippen LogP contribution in [0.5, 0.6) is 0 Å². The first-order chi connectivity index (χ1) is 12.8. The average Bonchev–Trinajstić information content (AvgIpc) is 2.69. The van der Waals surface area contributed by atoms with Gasteiger partial charge in [0, 0.05) is 31.4 Å². The number of hydrogen-bond donors (Lipinski definition) is 1. The Morgan fingerprint density at radius 2 is 1.69 bits per heavy atom. The number of rotatable bonds is 5. The Morgan fingerprint density at radius 1 is 0.846 bits per heavy atom. The molecule has 0 amide bonds. The van der Waals surface area contributed by atoms with Crippen LogP contribution in [-0.4, -0.2) is 22.0 Å². The third-order valence-corrected chi connectivity index (χ3v) is 4.17. The minimum absolute atomic E-state index is 0.556. The van der Waals surface area contributed by atoms with Crippen LogP contribution in [0.25, 0.3) is 10.9 Å². The molecule has 5 nitrogen and oxygen atoms in total. The third kappa shape index (κ3) is 3.47. The maximum Gasteiger partial charge on any atom is 0.229 e. The van der Waals surface area contributed by atoms with E-state index in [2.05, 4.69) is 37.3 Å². The minimum atomic E-state index is 0.556. The summed E-state index contributed by atoms with van der Waals surface area (Å²) < 4.78 is 0. The van der Waals surface area contributed by atoms with E-state index in [9.17, 15) is 0 Å². The highest BCUT2D eigenvalue weighted by atomic mass is 15.2. The number of anilines is 3. The summed E-state index contributed by atoms with van der Waals surface area (Å²) in [5, 5.41) is 4.37. The number of aromatic nitrogens is 3. The summed E-state index contributed by atoms with van der Waals surface area (Å²) in [4.78, 5) is 15.6. The molecule has 4 aromatic rings. The number of nitrogens with one attached hydrogen (secondary N) is 1. The molecule has 0 saturated carbocycles. The number of fused-ring (bicyclic) bond motifs is 1. The number of para-hydroxylation sites is 1. The molecule has 0 aliphatic rings. The molecule has 2 aromatic heterocycles. The molecule has 2 heterocycles. The van der Waals surface area contributed by atoms with Crippen molar-refractivity contribution in [3.05, 3.63) is 84.7 Å². The summed E-state index contributed by atoms with van der Waals surface area (Å²) in [5.74, 6) is 1.42. The van der Waals surface area contributed by atoms with E-state index in [-0.39, 0.29) is 0 Å². The predicted octanol–water partition coefficient (Wildman–Crippen LogP) is 4.40. The van der Waals surface area contributed by atoms with Crippen LogP contribution in [0.15, 0.2) is 79.1 Å². The fraction of sp³-hybridized carbons (Fsp3) is 0.0952. The highest BCUT2D eigenvalue weighted by Crippen LogP contribution is 2.23. The largest absolute Gasteiger partial charge is 0.355 e. The lowest BCUT2D eigenvalue weighted by atomic mass is 10.2. The zero-order valence-corrected chi connectivity index (χ0v) is 14.5. The molecule has 0 bridgehead atoms. The Labute approximate surface area is 152 Å². The molecule has 4 rings (SSSR count). The van der Waals surface area contributed by atoms with Gasteiger partial charge in [-0.15, -0.1) is 0 Å². The van der Waals surface area contributed by atoms with Crippen molar-refractivity contribution in [2.24, 2.45) is 0 Å². The average molecular weight is 341 g/mol. The van der Waals surface area contributed by atoms with E-state index in [1.54, 1.807) is 12.4 Å². The molecular formula is C21H19N5. The molecule has 128 valence electrons. The first kappa shape index (κ1) is 16.0. The Morgan fingerprint density at radius 3 is 2.58 bits per heavy atom. The van der Waals surface area contributed by atoms with Gasteiger partial charge in [-0.25, -0.2) is 4.98 Å². The Hall–Kier alpha value is -3.47. The predicted molar refractivity (Wildman–Crippen MR) is 106 cm³/mol. The molecule has 0 saturated heterocycles. The van der Waals surface area contributed by atoms with Crippen LogP contribution in [0.3, 0.4) is 0 Å². The lowest BCUT2D eigenvalue weighted by molar-refractivity contribution is 0.893. The first-order valence-electron chi connectivity index (χ1n) is 8.48. The van der Waals surface area contributed by atoms with E-state index in [1.165, 1.54) is 5.56 Å². The van der Waals surface area contributed by atoms with E-state index in [4.69, 9.17) is 0 Å². The fourth-order valence-electron chi connectivity index (χ4n) is 2.89. The van der Waals surface area contributed by atoms with Gasteiger partial charge in [-0.1, -0.05) is 48.5 Å². The van der Waals surface area contributed by atoms with E-state index in [0.29, 0.717) is 5.95 Å². The van der Waals surface area contributed by atoms with Gasteiger partial charge in [0.05, 0.1) is 11.2 Å². The molecule has 0 fully saturated rings. The zero-order valence-electron chi connectivity index (χ0n) is 14.5. The van der Waals surface area contributed by atoms with Gasteiger partial charge in [-0.2, -0.15) is 4.98 Å². The van der Waals surface area contributed by atoms with Gasteiger partial charge in [-0.05, 0) is 23.8 Å². The van der Waals surface area contributed by atoms with Gasteiger partial charge in [-0.3, -0.25) is 4.98 Å². The Kier molecular flexibility index (Phi) is 4.43. The molecule has 0 aliphatic carbocycles. The Bertz CT molecular complexity index is 1010. The van der Waals surface area contributed by atoms with Crippen LogP contribution < -0.4 is 10.2 Å². The molecule has 1 N–H and O–H groups in total. The van der Waals surface area contributed by atoms with Crippen molar-refractivity contribution >= 4 is 28.4 Å². The maximum absolute atomic E-state index is 4.65. The smallest absolute Gasteiger partial charge is 0.229 e. The number of hydrogen-bond acceptors (Lipinski definition) is 5. The summed E-state index contributed by atoms with van der Waals surface area (Å²) in [5.41, 5.74) is 3.04. The Balaban J connectivity index is 1.57. The van der Waals surface area contributed by atoms with E-state index in [0.717, 1.165) is 29.0 Å². The molecule has 0 radical (unpaired) electrons. The van der Waals surface area contributed by atoms with Crippen molar-refractivity contribution in [2.45, 2.75) is 6.54 Å². The van der Waals surface area contributed by atoms with Gasteiger partial charge in [0.15, 0.2) is 0 Å². The minimum Gasteiger partial charge on any atom is -0.355 e. The molecule has 2 aromatic carbocycles. The van der Waals surface area contributed by atoms with Gasteiger partial charge < -0.3 is 10.2 Å². The van der Waals surface area contributed by atoms with Crippen LogP contribution in [0, 0.1) is 0 Å². The van der Waals surface area contributed by atoms with Crippen molar-refractivity contribution in [3.8, 4) is 0 Å². The molecule has 0 unspecified atom stereocenters. The lowest BCUT2D eigenvalue weighted by Gasteiger charge is -2.18. The standard InChI is InChI=1S/C21H19N5/c1-26(15-16-7-3-2-4-8-16)19-12-14-23-21(25-19)24-18-11-5-9-17-10-6-13-22-20(17)18/h2-14H,15H2,1H3,(H,23,24,25). The van der Waals surface area contributed by atoms with Crippen molar-refractivity contribution in [1.29, 1.82) is 0 Å². The van der Waals surface area contributed by atoms with Crippen molar-refractivity contribution in [1.82, 2.24) is 15.0 Å². The second-order valence-corrected chi connectivity index (χ2v) is 6.09. The summed E-state index contributed by atoms with van der Waals surface area (Å²) in [6.45, 7) is 0.785. The van der Waals surface area contributed by atoms with Crippen LogP contribution in [-0.2, 0) is 6.54 Å². The van der Waals surface area contributed by atoms with E-state index in [1.807, 2.05) is 61.6 Å². The van der Waals surface area contributed by atoms with Gasteiger partial charge in [0.1, 0.15) is 5.82 Å². The summed E-state index contributed by atoms with van der Waals surface area (Å²) in [6, 6.07) is 22.2. The lowest BCUT2D eigenvalue weighted by Crippen LogP contribution is -2.18. The highest BCUT2D eigenvalue weighted by molar-refractivity contribution is 5.91. The monoisotopic (exact) mass is 341 g/mol. The molecule has 26 heavy (non-hydrogen) atoms. The molecule has 0 atom stereocenters. The first-order valence-corrected chi connectivity index (χ1v) is 8.48. The molecular weight excluding hydrogens is 322 g/mol. The van der Waals surface area contributed by atoms with Crippen molar-refractivity contribution in [3.63, 3.8) is 0 Å². The summed E-state index contributed by atoms with van der Waals surface area (Å²) >= 11 is 0. The number of benzene rings is 2. The normalized spacial score (nSPS) is 10.7.